The summed E-state index contributed by atoms with van der Waals surface area (Å²) in [5.41, 5.74) is 2.56. The molecular weight excluding hydrogens is 307 g/mol. The summed E-state index contributed by atoms with van der Waals surface area (Å²) in [7, 11) is 0. The first-order chi connectivity index (χ1) is 7.94. The van der Waals surface area contributed by atoms with Gasteiger partial charge in [0.25, 0.3) is 0 Å². The Morgan fingerprint density at radius 3 is 1.89 bits per heavy atom. The maximum Gasteiger partial charge on any atom is 0.416 e. The van der Waals surface area contributed by atoms with E-state index < -0.39 is 39.6 Å². The highest BCUT2D eigenvalue weighted by molar-refractivity contribution is 6.42. The zero-order chi connectivity index (χ0) is 14.3. The van der Waals surface area contributed by atoms with Gasteiger partial charge in [0, 0.05) is 0 Å². The van der Waals surface area contributed by atoms with Crippen molar-refractivity contribution in [1.29, 1.82) is 0 Å². The summed E-state index contributed by atoms with van der Waals surface area (Å²) in [5.74, 6) is 0. The van der Waals surface area contributed by atoms with E-state index in [4.69, 9.17) is 28.9 Å². The van der Waals surface area contributed by atoms with Crippen molar-refractivity contribution in [3.63, 3.8) is 0 Å². The van der Waals surface area contributed by atoms with Gasteiger partial charge in [-0.2, -0.15) is 26.3 Å². The lowest BCUT2D eigenvalue weighted by atomic mass is 10.0. The fourth-order valence-corrected chi connectivity index (χ4v) is 1.63. The van der Waals surface area contributed by atoms with E-state index in [1.54, 1.807) is 0 Å². The lowest BCUT2D eigenvalue weighted by molar-refractivity contribution is -0.150. The highest BCUT2D eigenvalue weighted by atomic mass is 35.5. The van der Waals surface area contributed by atoms with Gasteiger partial charge in [0.1, 0.15) is 6.04 Å². The molecule has 0 fully saturated rings. The van der Waals surface area contributed by atoms with Crippen molar-refractivity contribution in [1.82, 2.24) is 0 Å². The Balaban J connectivity index is 3.41. The van der Waals surface area contributed by atoms with Crippen LogP contribution in [-0.2, 0) is 6.18 Å². The minimum atomic E-state index is -4.92. The Labute approximate surface area is 107 Å². The fraction of sp³-hybridized carbons (Fsp3) is 0.333. The molecule has 2 N–H and O–H groups in total. The summed E-state index contributed by atoms with van der Waals surface area (Å²) >= 11 is 10.8. The zero-order valence-corrected chi connectivity index (χ0v) is 9.84. The predicted molar refractivity (Wildman–Crippen MR) is 54.4 cm³/mol. The molecule has 102 valence electrons. The molecule has 0 unspecified atom stereocenters. The third kappa shape index (κ3) is 3.21. The van der Waals surface area contributed by atoms with E-state index in [-0.39, 0.29) is 6.07 Å². The van der Waals surface area contributed by atoms with Crippen molar-refractivity contribution in [3.05, 3.63) is 33.3 Å². The largest absolute Gasteiger partial charge is 0.416 e. The summed E-state index contributed by atoms with van der Waals surface area (Å²) in [4.78, 5) is 0. The van der Waals surface area contributed by atoms with Crippen molar-refractivity contribution in [2.24, 2.45) is 5.73 Å². The van der Waals surface area contributed by atoms with Gasteiger partial charge in [0.05, 0.1) is 15.6 Å². The minimum absolute atomic E-state index is 0.242. The predicted octanol–water partition coefficient (Wildman–Crippen LogP) is 4.57. The van der Waals surface area contributed by atoms with Gasteiger partial charge in [-0.3, -0.25) is 0 Å². The maximum atomic E-state index is 12.4. The Morgan fingerprint density at radius 1 is 1.00 bits per heavy atom. The topological polar surface area (TPSA) is 26.0 Å². The molecule has 0 aliphatic carbocycles. The minimum Gasteiger partial charge on any atom is -0.316 e. The highest BCUT2D eigenvalue weighted by Gasteiger charge is 2.41. The normalized spacial score (nSPS) is 14.7. The van der Waals surface area contributed by atoms with E-state index in [9.17, 15) is 26.3 Å². The second-order valence-electron chi connectivity index (χ2n) is 3.38. The molecule has 0 aromatic heterocycles. The second-order valence-corrected chi connectivity index (χ2v) is 4.16. The maximum absolute atomic E-state index is 12.4. The van der Waals surface area contributed by atoms with Gasteiger partial charge in [0.15, 0.2) is 0 Å². The van der Waals surface area contributed by atoms with E-state index in [1.165, 1.54) is 0 Å². The lowest BCUT2D eigenvalue weighted by Gasteiger charge is -2.19. The number of hydrogen-bond acceptors (Lipinski definition) is 1. The highest BCUT2D eigenvalue weighted by Crippen LogP contribution is 2.41. The lowest BCUT2D eigenvalue weighted by Crippen LogP contribution is -2.29. The summed E-state index contributed by atoms with van der Waals surface area (Å²) in [6, 6.07) is -1.95. The molecule has 1 rings (SSSR count). The molecule has 0 aliphatic heterocycles. The van der Waals surface area contributed by atoms with Crippen LogP contribution in [0.25, 0.3) is 0 Å². The number of rotatable bonds is 1. The molecule has 0 aliphatic rings. The molecule has 0 radical (unpaired) electrons. The van der Waals surface area contributed by atoms with Gasteiger partial charge in [0.2, 0.25) is 0 Å². The fourth-order valence-electron chi connectivity index (χ4n) is 1.18. The summed E-state index contributed by atoms with van der Waals surface area (Å²) in [6.45, 7) is 0. The van der Waals surface area contributed by atoms with Crippen LogP contribution in [0.3, 0.4) is 0 Å². The number of nitrogens with two attached hydrogens (primary N) is 1. The van der Waals surface area contributed by atoms with Crippen LogP contribution in [0.5, 0.6) is 0 Å². The van der Waals surface area contributed by atoms with E-state index in [0.717, 1.165) is 0 Å². The Morgan fingerprint density at radius 2 is 1.50 bits per heavy atom. The van der Waals surface area contributed by atoms with Crippen molar-refractivity contribution in [2.75, 3.05) is 0 Å². The average Bonchev–Trinajstić information content (AvgIpc) is 2.17. The number of benzene rings is 1. The third-order valence-electron chi connectivity index (χ3n) is 2.07. The first-order valence-corrected chi connectivity index (χ1v) is 5.08. The Bertz CT molecular complexity index is 454. The smallest absolute Gasteiger partial charge is 0.316 e. The summed E-state index contributed by atoms with van der Waals surface area (Å²) < 4.78 is 74.3. The summed E-state index contributed by atoms with van der Waals surface area (Å²) in [6.07, 6.45) is -9.76. The van der Waals surface area contributed by atoms with Gasteiger partial charge in [-0.25, -0.2) is 0 Å². The molecule has 0 saturated carbocycles. The zero-order valence-electron chi connectivity index (χ0n) is 8.33. The van der Waals surface area contributed by atoms with E-state index in [0.29, 0.717) is 6.07 Å². The number of halogens is 8. The molecule has 1 aromatic carbocycles. The molecular formula is C9H5Cl2F6N. The standard InChI is InChI=1S/C9H5Cl2F6N/c10-5-2-3(8(12,13)14)1-4(6(5)11)7(18)9(15,16)17/h1-2,7H,18H2/t7-/m1/s1. The van der Waals surface area contributed by atoms with Crippen LogP contribution in [-0.4, -0.2) is 6.18 Å². The van der Waals surface area contributed by atoms with Crippen molar-refractivity contribution in [2.45, 2.75) is 18.4 Å². The van der Waals surface area contributed by atoms with Crippen LogP contribution < -0.4 is 5.73 Å². The van der Waals surface area contributed by atoms with Crippen LogP contribution in [0.1, 0.15) is 17.2 Å². The Kier molecular flexibility index (Phi) is 4.10. The molecule has 0 heterocycles. The molecule has 0 saturated heterocycles. The van der Waals surface area contributed by atoms with Gasteiger partial charge >= 0.3 is 12.4 Å². The van der Waals surface area contributed by atoms with Crippen LogP contribution in [0, 0.1) is 0 Å². The van der Waals surface area contributed by atoms with Crippen molar-refractivity contribution in [3.8, 4) is 0 Å². The molecule has 0 bridgehead atoms. The number of hydrogen-bond donors (Lipinski definition) is 1. The number of alkyl halides is 6. The van der Waals surface area contributed by atoms with Gasteiger partial charge in [-0.05, 0) is 17.7 Å². The quantitative estimate of drug-likeness (QED) is 0.755. The molecule has 9 heteroatoms. The monoisotopic (exact) mass is 311 g/mol. The first-order valence-electron chi connectivity index (χ1n) is 4.33. The van der Waals surface area contributed by atoms with Crippen LogP contribution >= 0.6 is 23.2 Å². The second kappa shape index (κ2) is 4.79. The molecule has 0 spiro atoms. The van der Waals surface area contributed by atoms with Gasteiger partial charge in [-0.15, -0.1) is 0 Å². The van der Waals surface area contributed by atoms with E-state index in [1.807, 2.05) is 0 Å². The molecule has 18 heavy (non-hydrogen) atoms. The first kappa shape index (κ1) is 15.4. The molecule has 1 atom stereocenters. The van der Waals surface area contributed by atoms with Crippen LogP contribution in [0.4, 0.5) is 26.3 Å². The molecule has 1 nitrogen and oxygen atoms in total. The SMILES string of the molecule is N[C@H](c1cc(C(F)(F)F)cc(Cl)c1Cl)C(F)(F)F. The van der Waals surface area contributed by atoms with Crippen LogP contribution in [0.15, 0.2) is 12.1 Å². The van der Waals surface area contributed by atoms with E-state index >= 15 is 0 Å². The summed E-state index contributed by atoms with van der Waals surface area (Å²) in [5, 5.41) is -1.28. The van der Waals surface area contributed by atoms with E-state index in [2.05, 4.69) is 0 Å². The van der Waals surface area contributed by atoms with Crippen molar-refractivity contribution >= 4 is 23.2 Å². The third-order valence-corrected chi connectivity index (χ3v) is 2.89. The average molecular weight is 312 g/mol. The van der Waals surface area contributed by atoms with Crippen molar-refractivity contribution < 1.29 is 26.3 Å². The van der Waals surface area contributed by atoms with Crippen LogP contribution in [0.2, 0.25) is 10.0 Å². The van der Waals surface area contributed by atoms with Gasteiger partial charge in [-0.1, -0.05) is 23.2 Å². The molecule has 1 aromatic rings. The molecule has 0 amide bonds. The Hall–Kier alpha value is -0.660. The van der Waals surface area contributed by atoms with Gasteiger partial charge < -0.3 is 5.73 Å².